The molecule has 1 saturated carbocycles. The molecule has 4 heterocycles. The summed E-state index contributed by atoms with van der Waals surface area (Å²) in [5.74, 6) is 1.41. The lowest BCUT2D eigenvalue weighted by atomic mass is 9.84. The van der Waals surface area contributed by atoms with Gasteiger partial charge >= 0.3 is 0 Å². The highest BCUT2D eigenvalue weighted by Gasteiger charge is 2.35. The molecule has 3 aliphatic heterocycles. The molecule has 3 aromatic rings. The summed E-state index contributed by atoms with van der Waals surface area (Å²) in [5.41, 5.74) is 3.71. The molecule has 1 N–H and O–H groups in total. The number of nitrogens with one attached hydrogen (secondary N) is 1. The number of hydrogen-bond acceptors (Lipinski definition) is 4. The van der Waals surface area contributed by atoms with E-state index < -0.39 is 0 Å². The van der Waals surface area contributed by atoms with Crippen LogP contribution in [0.5, 0.6) is 0 Å². The van der Waals surface area contributed by atoms with E-state index in [9.17, 15) is 9.59 Å². The summed E-state index contributed by atoms with van der Waals surface area (Å²) in [4.78, 5) is 27.7. The van der Waals surface area contributed by atoms with Crippen molar-refractivity contribution in [1.29, 1.82) is 0 Å². The van der Waals surface area contributed by atoms with E-state index in [-0.39, 0.29) is 17.9 Å². The van der Waals surface area contributed by atoms with Crippen LogP contribution in [0.4, 0.5) is 0 Å². The third-order valence-electron chi connectivity index (χ3n) is 7.39. The van der Waals surface area contributed by atoms with Gasteiger partial charge in [0.2, 0.25) is 0 Å². The number of nitrogens with zero attached hydrogens (tertiary/aromatic N) is 1. The average Bonchev–Trinajstić information content (AvgIpc) is 3.58. The molecule has 0 unspecified atom stereocenters. The number of carbonyl (C=O) groups excluding carboxylic acids is 2. The second kappa shape index (κ2) is 7.89. The van der Waals surface area contributed by atoms with Crippen molar-refractivity contribution in [2.24, 2.45) is 11.8 Å². The number of piperidine rings is 3. The van der Waals surface area contributed by atoms with Crippen molar-refractivity contribution in [2.45, 2.75) is 38.1 Å². The van der Waals surface area contributed by atoms with Crippen molar-refractivity contribution < 1.29 is 14.0 Å². The fraction of sp³-hybridized carbons (Fsp3) is 0.407. The molecule has 2 bridgehead atoms. The van der Waals surface area contributed by atoms with Crippen molar-refractivity contribution in [1.82, 2.24) is 10.2 Å². The van der Waals surface area contributed by atoms with Gasteiger partial charge in [0.15, 0.2) is 5.76 Å². The fourth-order valence-electron chi connectivity index (χ4n) is 5.37. The SMILES string of the molecule is O=C(N[C@H]1CN2CCC1CC2)c1cc2cccc(-c3cccc(CC(=O)C4CC4)c3)c2o1. The van der Waals surface area contributed by atoms with Crippen molar-refractivity contribution in [2.75, 3.05) is 19.6 Å². The molecule has 1 aromatic heterocycles. The summed E-state index contributed by atoms with van der Waals surface area (Å²) in [6.07, 6.45) is 4.88. The number of carbonyl (C=O) groups is 2. The van der Waals surface area contributed by atoms with E-state index in [2.05, 4.69) is 16.3 Å². The van der Waals surface area contributed by atoms with E-state index in [1.54, 1.807) is 0 Å². The van der Waals surface area contributed by atoms with Crippen molar-refractivity contribution in [3.8, 4) is 11.1 Å². The Morgan fingerprint density at radius 3 is 2.56 bits per heavy atom. The Morgan fingerprint density at radius 1 is 1.00 bits per heavy atom. The van der Waals surface area contributed by atoms with Crippen LogP contribution in [-0.2, 0) is 11.2 Å². The second-order valence-electron chi connectivity index (χ2n) is 9.67. The maximum absolute atomic E-state index is 13.0. The van der Waals surface area contributed by atoms with Gasteiger partial charge < -0.3 is 14.6 Å². The van der Waals surface area contributed by atoms with Gasteiger partial charge in [-0.15, -0.1) is 0 Å². The molecule has 2 aromatic carbocycles. The molecular formula is C27H28N2O3. The van der Waals surface area contributed by atoms with Gasteiger partial charge in [-0.25, -0.2) is 0 Å². The molecule has 3 saturated heterocycles. The summed E-state index contributed by atoms with van der Waals surface area (Å²) in [6.45, 7) is 3.24. The Balaban J connectivity index is 1.26. The summed E-state index contributed by atoms with van der Waals surface area (Å²) in [5, 5.41) is 4.14. The lowest BCUT2D eigenvalue weighted by molar-refractivity contribution is -0.119. The lowest BCUT2D eigenvalue weighted by Gasteiger charge is -2.44. The number of amides is 1. The zero-order valence-corrected chi connectivity index (χ0v) is 18.2. The maximum atomic E-state index is 13.0. The van der Waals surface area contributed by atoms with Crippen LogP contribution in [-0.4, -0.2) is 42.3 Å². The van der Waals surface area contributed by atoms with E-state index >= 15 is 0 Å². The molecule has 164 valence electrons. The Hall–Kier alpha value is -2.92. The minimum absolute atomic E-state index is 0.130. The lowest BCUT2D eigenvalue weighted by Crippen LogP contribution is -2.57. The monoisotopic (exact) mass is 428 g/mol. The van der Waals surface area contributed by atoms with Gasteiger partial charge in [0.05, 0.1) is 0 Å². The molecule has 4 fully saturated rings. The summed E-state index contributed by atoms with van der Waals surface area (Å²) < 4.78 is 6.11. The van der Waals surface area contributed by atoms with Crippen LogP contribution in [0.2, 0.25) is 0 Å². The third-order valence-corrected chi connectivity index (χ3v) is 7.39. The largest absolute Gasteiger partial charge is 0.450 e. The summed E-state index contributed by atoms with van der Waals surface area (Å²) in [6, 6.07) is 16.2. The quantitative estimate of drug-likeness (QED) is 0.630. The number of furan rings is 1. The van der Waals surface area contributed by atoms with Crippen LogP contribution in [0.25, 0.3) is 22.1 Å². The van der Waals surface area contributed by atoms with E-state index in [0.717, 1.165) is 73.0 Å². The smallest absolute Gasteiger partial charge is 0.287 e. The maximum Gasteiger partial charge on any atom is 0.287 e. The van der Waals surface area contributed by atoms with Crippen LogP contribution < -0.4 is 5.32 Å². The van der Waals surface area contributed by atoms with Crippen molar-refractivity contribution in [3.05, 3.63) is 59.9 Å². The van der Waals surface area contributed by atoms with Gasteiger partial charge in [-0.1, -0.05) is 42.5 Å². The van der Waals surface area contributed by atoms with Crippen LogP contribution in [0.1, 0.15) is 41.8 Å². The Kier molecular flexibility index (Phi) is 4.87. The Bertz CT molecular complexity index is 1180. The Labute approximate surface area is 187 Å². The van der Waals surface area contributed by atoms with E-state index in [0.29, 0.717) is 23.9 Å². The van der Waals surface area contributed by atoms with E-state index in [4.69, 9.17) is 4.42 Å². The molecule has 5 nitrogen and oxygen atoms in total. The predicted molar refractivity (Wildman–Crippen MR) is 124 cm³/mol. The minimum Gasteiger partial charge on any atom is -0.450 e. The van der Waals surface area contributed by atoms with Crippen molar-refractivity contribution in [3.63, 3.8) is 0 Å². The molecule has 0 radical (unpaired) electrons. The topological polar surface area (TPSA) is 62.6 Å². The molecular weight excluding hydrogens is 400 g/mol. The molecule has 0 spiro atoms. The van der Waals surface area contributed by atoms with Crippen LogP contribution in [0.3, 0.4) is 0 Å². The summed E-state index contributed by atoms with van der Waals surface area (Å²) in [7, 11) is 0. The van der Waals surface area contributed by atoms with Gasteiger partial charge in [0, 0.05) is 35.9 Å². The average molecular weight is 429 g/mol. The van der Waals surface area contributed by atoms with Gasteiger partial charge in [0.1, 0.15) is 11.4 Å². The first-order valence-corrected chi connectivity index (χ1v) is 11.8. The first-order chi connectivity index (χ1) is 15.6. The normalized spacial score (nSPS) is 24.6. The standard InChI is InChI=1S/C27H28N2O3/c30-24(19-7-8-19)14-17-3-1-4-20(13-17)22-6-2-5-21-15-25(32-26(21)22)27(31)28-23-16-29-11-9-18(23)10-12-29/h1-6,13,15,18-19,23H,7-12,14,16H2,(H,28,31)/t23-/m0/s1. The van der Waals surface area contributed by atoms with Gasteiger partial charge in [0.25, 0.3) is 5.91 Å². The zero-order chi connectivity index (χ0) is 21.7. The fourth-order valence-corrected chi connectivity index (χ4v) is 5.37. The first-order valence-electron chi connectivity index (χ1n) is 11.8. The molecule has 1 amide bonds. The minimum atomic E-state index is -0.130. The number of hydrogen-bond donors (Lipinski definition) is 1. The highest BCUT2D eigenvalue weighted by atomic mass is 16.3. The van der Waals surface area contributed by atoms with Crippen molar-refractivity contribution >= 4 is 22.7 Å². The molecule has 32 heavy (non-hydrogen) atoms. The van der Waals surface area contributed by atoms with Crippen LogP contribution in [0, 0.1) is 11.8 Å². The number of benzene rings is 2. The van der Waals surface area contributed by atoms with Gasteiger partial charge in [-0.2, -0.15) is 0 Å². The highest BCUT2D eigenvalue weighted by molar-refractivity contribution is 6.00. The van der Waals surface area contributed by atoms with Gasteiger partial charge in [-0.3, -0.25) is 9.59 Å². The van der Waals surface area contributed by atoms with Gasteiger partial charge in [-0.05, 0) is 61.9 Å². The number of fused-ring (bicyclic) bond motifs is 4. The zero-order valence-electron chi connectivity index (χ0n) is 18.2. The number of Topliss-reactive ketones (excluding diaryl/α,β-unsaturated/α-hetero) is 1. The molecule has 1 aliphatic carbocycles. The number of ketones is 1. The van der Waals surface area contributed by atoms with E-state index in [1.165, 1.54) is 0 Å². The Morgan fingerprint density at radius 2 is 1.81 bits per heavy atom. The molecule has 1 atom stereocenters. The van der Waals surface area contributed by atoms with E-state index in [1.807, 2.05) is 42.5 Å². The van der Waals surface area contributed by atoms with Crippen LogP contribution >= 0.6 is 0 Å². The molecule has 5 heteroatoms. The third kappa shape index (κ3) is 3.75. The summed E-state index contributed by atoms with van der Waals surface area (Å²) >= 11 is 0. The highest BCUT2D eigenvalue weighted by Crippen LogP contribution is 2.34. The first kappa shape index (κ1) is 19.7. The number of rotatable bonds is 6. The predicted octanol–water partition coefficient (Wildman–Crippen LogP) is 4.45. The molecule has 7 rings (SSSR count). The van der Waals surface area contributed by atoms with Crippen LogP contribution in [0.15, 0.2) is 52.9 Å². The molecule has 4 aliphatic rings. The number of para-hydroxylation sites is 1. The second-order valence-corrected chi connectivity index (χ2v) is 9.67.